The fourth-order valence-electron chi connectivity index (χ4n) is 6.32. The Hall–Kier alpha value is -5.20. The van der Waals surface area contributed by atoms with Crippen molar-refractivity contribution in [2.45, 2.75) is 30.5 Å². The van der Waals surface area contributed by atoms with Crippen molar-refractivity contribution in [3.8, 4) is 0 Å². The molecule has 0 aliphatic carbocycles. The average Bonchev–Trinajstić information content (AvgIpc) is 3.15. The summed E-state index contributed by atoms with van der Waals surface area (Å²) in [6.45, 7) is 3.61. The average molecular weight is 679 g/mol. The van der Waals surface area contributed by atoms with Gasteiger partial charge in [-0.1, -0.05) is 78.9 Å². The molecule has 1 unspecified atom stereocenters. The number of esters is 2. The molecule has 3 aliphatic heterocycles. The summed E-state index contributed by atoms with van der Waals surface area (Å²) in [7, 11) is 0. The van der Waals surface area contributed by atoms with E-state index in [-0.39, 0.29) is 12.3 Å². The Bertz CT molecular complexity index is 1880. The van der Waals surface area contributed by atoms with Crippen molar-refractivity contribution >= 4 is 52.1 Å². The highest BCUT2D eigenvalue weighted by Gasteiger charge is 2.56. The first-order chi connectivity index (χ1) is 23.9. The minimum atomic E-state index is -1.16. The van der Waals surface area contributed by atoms with Crippen LogP contribution >= 0.6 is 11.8 Å². The molecule has 1 N–H and O–H groups in total. The monoisotopic (exact) mass is 678 g/mol. The van der Waals surface area contributed by atoms with Gasteiger partial charge in [0.1, 0.15) is 23.7 Å². The summed E-state index contributed by atoms with van der Waals surface area (Å²) < 4.78 is 17.0. The predicted octanol–water partition coefficient (Wildman–Crippen LogP) is 4.23. The van der Waals surface area contributed by atoms with Gasteiger partial charge in [-0.2, -0.15) is 0 Å². The standard InChI is InChI=1S/C37H34N4O7S/c1-23(42)47-21-26-22-49-36-31(39-34(43)29-20-30(40-16-18-46-19-17-40)27-14-8-9-15-28(27)38-29)35(44)41(36)32(26)37(45)48-33(24-10-4-2-5-11-24)25-12-6-3-7-13-25/h2-15,20,22,31-33,36H,16-19,21H2,1H3,(H,39,43)/t31-,32?,36-/m1/s1. The number of rotatable bonds is 9. The second-order valence-corrected chi connectivity index (χ2v) is 12.9. The van der Waals surface area contributed by atoms with Crippen LogP contribution in [0.25, 0.3) is 10.9 Å². The van der Waals surface area contributed by atoms with Gasteiger partial charge in [0.25, 0.3) is 5.91 Å². The summed E-state index contributed by atoms with van der Waals surface area (Å²) in [4.78, 5) is 61.5. The van der Waals surface area contributed by atoms with Gasteiger partial charge in [0.15, 0.2) is 12.1 Å². The minimum absolute atomic E-state index is 0.183. The van der Waals surface area contributed by atoms with E-state index in [4.69, 9.17) is 14.2 Å². The molecule has 49 heavy (non-hydrogen) atoms. The van der Waals surface area contributed by atoms with Crippen molar-refractivity contribution in [1.82, 2.24) is 15.2 Å². The molecule has 250 valence electrons. The molecule has 12 heteroatoms. The number of aromatic nitrogens is 1. The second kappa shape index (κ2) is 14.1. The van der Waals surface area contributed by atoms with Crippen LogP contribution in [0.4, 0.5) is 5.69 Å². The van der Waals surface area contributed by atoms with Crippen molar-refractivity contribution in [1.29, 1.82) is 0 Å². The number of thioether (sulfide) groups is 1. The number of ether oxygens (including phenoxy) is 3. The summed E-state index contributed by atoms with van der Waals surface area (Å²) >= 11 is 1.27. The third kappa shape index (κ3) is 6.61. The molecule has 11 nitrogen and oxygen atoms in total. The van der Waals surface area contributed by atoms with Gasteiger partial charge in [0.05, 0.1) is 18.7 Å². The Kier molecular flexibility index (Phi) is 9.32. The number of fused-ring (bicyclic) bond motifs is 2. The number of morpholine rings is 1. The molecule has 4 aromatic rings. The Morgan fingerprint density at radius 2 is 1.61 bits per heavy atom. The van der Waals surface area contributed by atoms with E-state index in [0.717, 1.165) is 22.2 Å². The van der Waals surface area contributed by atoms with Crippen molar-refractivity contribution in [3.05, 3.63) is 119 Å². The lowest BCUT2D eigenvalue weighted by Crippen LogP contribution is -2.74. The van der Waals surface area contributed by atoms with Gasteiger partial charge in [-0.25, -0.2) is 9.78 Å². The normalized spacial score (nSPS) is 20.2. The molecule has 3 atom stereocenters. The number of nitrogens with one attached hydrogen (secondary N) is 1. The van der Waals surface area contributed by atoms with Gasteiger partial charge in [0, 0.05) is 36.7 Å². The molecule has 3 aliphatic rings. The molecule has 7 rings (SSSR count). The van der Waals surface area contributed by atoms with Crippen LogP contribution in [0.5, 0.6) is 0 Å². The first kappa shape index (κ1) is 32.4. The Morgan fingerprint density at radius 1 is 0.959 bits per heavy atom. The molecule has 2 saturated heterocycles. The number of benzene rings is 3. The Morgan fingerprint density at radius 3 is 2.29 bits per heavy atom. The zero-order valence-electron chi connectivity index (χ0n) is 26.7. The van der Waals surface area contributed by atoms with E-state index in [1.165, 1.54) is 23.6 Å². The van der Waals surface area contributed by atoms with Crippen LogP contribution in [-0.4, -0.2) is 84.0 Å². The number of carbonyl (C=O) groups excluding carboxylic acids is 4. The molecule has 0 bridgehead atoms. The first-order valence-electron chi connectivity index (χ1n) is 16.0. The largest absolute Gasteiger partial charge is 0.461 e. The third-order valence-electron chi connectivity index (χ3n) is 8.74. The number of carbonyl (C=O) groups is 4. The fraction of sp³-hybridized carbons (Fsp3) is 0.270. The number of pyridine rings is 1. The highest BCUT2D eigenvalue weighted by atomic mass is 32.2. The van der Waals surface area contributed by atoms with E-state index in [0.29, 0.717) is 37.4 Å². The van der Waals surface area contributed by atoms with Gasteiger partial charge in [-0.3, -0.25) is 14.4 Å². The SMILES string of the molecule is CC(=O)OCC1=CS[C@@H]2[C@H](NC(=O)c3cc(N4CCOCC4)c4ccccc4n3)C(=O)N2C1C(=O)OC(c1ccccc1)c1ccccc1. The van der Waals surface area contributed by atoms with Crippen LogP contribution in [0.2, 0.25) is 0 Å². The molecular formula is C37H34N4O7S. The van der Waals surface area contributed by atoms with Crippen LogP contribution < -0.4 is 10.2 Å². The summed E-state index contributed by atoms with van der Waals surface area (Å²) in [6.07, 6.45) is -0.746. The summed E-state index contributed by atoms with van der Waals surface area (Å²) in [5.41, 5.74) is 3.65. The van der Waals surface area contributed by atoms with E-state index in [1.54, 1.807) is 11.5 Å². The summed E-state index contributed by atoms with van der Waals surface area (Å²) in [5, 5.41) is 4.91. The summed E-state index contributed by atoms with van der Waals surface area (Å²) in [6, 6.07) is 26.0. The number of amides is 2. The number of para-hydroxylation sites is 1. The van der Waals surface area contributed by atoms with Crippen LogP contribution in [0.3, 0.4) is 0 Å². The van der Waals surface area contributed by atoms with Gasteiger partial charge >= 0.3 is 11.9 Å². The van der Waals surface area contributed by atoms with E-state index < -0.39 is 47.3 Å². The zero-order chi connectivity index (χ0) is 33.9. The Balaban J connectivity index is 1.14. The lowest BCUT2D eigenvalue weighted by molar-refractivity contribution is -0.165. The third-order valence-corrected chi connectivity index (χ3v) is 9.95. The topological polar surface area (TPSA) is 127 Å². The quantitative estimate of drug-likeness (QED) is 0.203. The minimum Gasteiger partial charge on any atom is -0.461 e. The molecule has 2 fully saturated rings. The van der Waals surface area contributed by atoms with Gasteiger partial charge in [-0.05, 0) is 28.7 Å². The number of hydrogen-bond donors (Lipinski definition) is 1. The maximum absolute atomic E-state index is 14.1. The number of hydrogen-bond acceptors (Lipinski definition) is 10. The molecular weight excluding hydrogens is 644 g/mol. The summed E-state index contributed by atoms with van der Waals surface area (Å²) in [5.74, 6) is -2.15. The van der Waals surface area contributed by atoms with Crippen molar-refractivity contribution in [2.24, 2.45) is 0 Å². The second-order valence-electron chi connectivity index (χ2n) is 11.9. The van der Waals surface area contributed by atoms with Crippen molar-refractivity contribution in [2.75, 3.05) is 37.8 Å². The molecule has 0 saturated carbocycles. The van der Waals surface area contributed by atoms with Crippen molar-refractivity contribution < 1.29 is 33.4 Å². The zero-order valence-corrected chi connectivity index (χ0v) is 27.5. The molecule has 1 aromatic heterocycles. The maximum Gasteiger partial charge on any atom is 0.334 e. The van der Waals surface area contributed by atoms with Gasteiger partial charge in [-0.15, -0.1) is 11.8 Å². The fourth-order valence-corrected chi connectivity index (χ4v) is 7.53. The van der Waals surface area contributed by atoms with Crippen LogP contribution in [-0.2, 0) is 28.6 Å². The van der Waals surface area contributed by atoms with Gasteiger partial charge in [0.2, 0.25) is 5.91 Å². The molecule has 3 aromatic carbocycles. The first-order valence-corrected chi connectivity index (χ1v) is 17.0. The van der Waals surface area contributed by atoms with Crippen LogP contribution in [0.15, 0.2) is 102 Å². The van der Waals surface area contributed by atoms with E-state index in [9.17, 15) is 19.2 Å². The van der Waals surface area contributed by atoms with Crippen LogP contribution in [0.1, 0.15) is 34.6 Å². The lowest BCUT2D eigenvalue weighted by Gasteiger charge is -2.51. The van der Waals surface area contributed by atoms with Crippen LogP contribution in [0, 0.1) is 0 Å². The highest BCUT2D eigenvalue weighted by Crippen LogP contribution is 2.41. The molecule has 2 amide bonds. The molecule has 4 heterocycles. The van der Waals surface area contributed by atoms with E-state index in [2.05, 4.69) is 15.2 Å². The van der Waals surface area contributed by atoms with E-state index in [1.807, 2.05) is 84.9 Å². The number of nitrogens with zero attached hydrogens (tertiary/aromatic N) is 3. The highest BCUT2D eigenvalue weighted by molar-refractivity contribution is 8.03. The maximum atomic E-state index is 14.1. The van der Waals surface area contributed by atoms with Crippen molar-refractivity contribution in [3.63, 3.8) is 0 Å². The lowest BCUT2D eigenvalue weighted by atomic mass is 9.97. The van der Waals surface area contributed by atoms with Gasteiger partial charge < -0.3 is 29.3 Å². The Labute approximate surface area is 287 Å². The predicted molar refractivity (Wildman–Crippen MR) is 184 cm³/mol. The number of β-lactam (4-membered cyclic amide) rings is 1. The smallest absolute Gasteiger partial charge is 0.334 e. The molecule has 0 radical (unpaired) electrons. The number of anilines is 1. The van der Waals surface area contributed by atoms with E-state index >= 15 is 0 Å². The molecule has 0 spiro atoms.